The van der Waals surface area contributed by atoms with Crippen molar-refractivity contribution in [2.75, 3.05) is 25.0 Å². The van der Waals surface area contributed by atoms with Crippen LogP contribution < -0.4 is 16.0 Å². The average molecular weight is 520 g/mol. The van der Waals surface area contributed by atoms with Crippen molar-refractivity contribution in [2.24, 2.45) is 0 Å². The number of hydrogen-bond acceptors (Lipinski definition) is 4. The van der Waals surface area contributed by atoms with E-state index < -0.39 is 18.8 Å². The molecule has 2 amide bonds. The molecular formula is C24H25ClF3N7O. The molecule has 2 aromatic heterocycles. The molecule has 0 radical (unpaired) electrons. The molecule has 0 spiro atoms. The Kier molecular flexibility index (Phi) is 7.51. The first-order chi connectivity index (χ1) is 16.9. The summed E-state index contributed by atoms with van der Waals surface area (Å²) in [6.07, 6.45) is 3.27. The second kappa shape index (κ2) is 10.6. The van der Waals surface area contributed by atoms with Crippen molar-refractivity contribution in [3.05, 3.63) is 61.2 Å². The van der Waals surface area contributed by atoms with Crippen LogP contribution in [0.25, 0.3) is 27.8 Å². The Hall–Kier alpha value is -3.57. The number of nitrogens with zero attached hydrogens (tertiary/aromatic N) is 4. The Bertz CT molecular complexity index is 1340. The maximum Gasteiger partial charge on any atom is 0.405 e. The van der Waals surface area contributed by atoms with Crippen LogP contribution in [0.4, 0.5) is 23.7 Å². The van der Waals surface area contributed by atoms with Crippen LogP contribution in [0.5, 0.6) is 0 Å². The standard InChI is InChI=1S/C24H24F3N7O.ClH/c25-24(26,27)14-29-23(35)32-18-2-1-3-20(11-18)33-15-30-21-10-16(4-5-22(21)33)17-12-31-34(13-17)19-6-8-28-9-7-19;/h1-5,10-13,15,19,28H,6-9,14H2,(H2,29,32,35);1H. The highest BCUT2D eigenvalue weighted by atomic mass is 35.5. The maximum absolute atomic E-state index is 12.3. The lowest BCUT2D eigenvalue weighted by Gasteiger charge is -2.22. The fourth-order valence-corrected chi connectivity index (χ4v) is 4.25. The summed E-state index contributed by atoms with van der Waals surface area (Å²) in [5, 5.41) is 12.2. The third-order valence-electron chi connectivity index (χ3n) is 6.00. The van der Waals surface area contributed by atoms with Gasteiger partial charge in [0.25, 0.3) is 0 Å². The smallest absolute Gasteiger partial charge is 0.329 e. The predicted octanol–water partition coefficient (Wildman–Crippen LogP) is 4.92. The summed E-state index contributed by atoms with van der Waals surface area (Å²) < 4.78 is 40.9. The fraction of sp³-hybridized carbons (Fsp3) is 0.292. The lowest BCUT2D eigenvalue weighted by atomic mass is 10.1. The third-order valence-corrected chi connectivity index (χ3v) is 6.00. The number of carbonyl (C=O) groups excluding carboxylic acids is 1. The molecule has 0 atom stereocenters. The van der Waals surface area contributed by atoms with Gasteiger partial charge in [-0.15, -0.1) is 12.4 Å². The van der Waals surface area contributed by atoms with E-state index in [1.807, 2.05) is 39.7 Å². The molecular weight excluding hydrogens is 495 g/mol. The molecule has 1 saturated heterocycles. The lowest BCUT2D eigenvalue weighted by molar-refractivity contribution is -0.122. The molecule has 36 heavy (non-hydrogen) atoms. The molecule has 3 N–H and O–H groups in total. The van der Waals surface area contributed by atoms with Crippen molar-refractivity contribution in [1.29, 1.82) is 0 Å². The normalized spacial score (nSPS) is 14.4. The number of anilines is 1. The fourth-order valence-electron chi connectivity index (χ4n) is 4.25. The molecule has 5 rings (SSSR count). The Morgan fingerprint density at radius 1 is 1.11 bits per heavy atom. The summed E-state index contributed by atoms with van der Waals surface area (Å²) in [5.41, 5.74) is 4.77. The number of carbonyl (C=O) groups is 1. The number of urea groups is 1. The molecule has 3 heterocycles. The highest BCUT2D eigenvalue weighted by Crippen LogP contribution is 2.28. The van der Waals surface area contributed by atoms with E-state index in [0.717, 1.165) is 48.1 Å². The van der Waals surface area contributed by atoms with Gasteiger partial charge in [-0.05, 0) is 61.8 Å². The van der Waals surface area contributed by atoms with Gasteiger partial charge in [-0.2, -0.15) is 18.3 Å². The van der Waals surface area contributed by atoms with Gasteiger partial charge in [0.2, 0.25) is 0 Å². The van der Waals surface area contributed by atoms with Crippen LogP contribution in [-0.2, 0) is 0 Å². The zero-order chi connectivity index (χ0) is 24.4. The highest BCUT2D eigenvalue weighted by Gasteiger charge is 2.27. The van der Waals surface area contributed by atoms with E-state index in [1.54, 1.807) is 29.8 Å². The molecule has 0 saturated carbocycles. The van der Waals surface area contributed by atoms with Crippen LogP contribution in [0.3, 0.4) is 0 Å². The molecule has 0 bridgehead atoms. The maximum atomic E-state index is 12.3. The van der Waals surface area contributed by atoms with Crippen molar-refractivity contribution in [1.82, 2.24) is 30.0 Å². The second-order valence-electron chi connectivity index (χ2n) is 8.48. The van der Waals surface area contributed by atoms with Crippen LogP contribution in [0.2, 0.25) is 0 Å². The number of benzene rings is 2. The Balaban J connectivity index is 0.00000304. The number of nitrogens with one attached hydrogen (secondary N) is 3. The zero-order valence-electron chi connectivity index (χ0n) is 19.1. The summed E-state index contributed by atoms with van der Waals surface area (Å²) in [6, 6.07) is 12.3. The summed E-state index contributed by atoms with van der Waals surface area (Å²) in [4.78, 5) is 16.3. The first kappa shape index (κ1) is 25.5. The van der Waals surface area contributed by atoms with Crippen LogP contribution in [-0.4, -0.2) is 51.2 Å². The van der Waals surface area contributed by atoms with Gasteiger partial charge in [-0.1, -0.05) is 12.1 Å². The minimum Gasteiger partial charge on any atom is -0.329 e. The minimum atomic E-state index is -4.47. The molecule has 2 aromatic carbocycles. The SMILES string of the molecule is Cl.O=C(NCC(F)(F)F)Nc1cccc(-n2cnc3cc(-c4cnn(C5CCNCC5)c4)ccc32)c1. The van der Waals surface area contributed by atoms with Crippen molar-refractivity contribution in [2.45, 2.75) is 25.1 Å². The van der Waals surface area contributed by atoms with Crippen molar-refractivity contribution < 1.29 is 18.0 Å². The van der Waals surface area contributed by atoms with Gasteiger partial charge in [0, 0.05) is 23.1 Å². The van der Waals surface area contributed by atoms with Crippen LogP contribution >= 0.6 is 12.4 Å². The van der Waals surface area contributed by atoms with E-state index in [2.05, 4.69) is 26.9 Å². The van der Waals surface area contributed by atoms with Gasteiger partial charge in [-0.3, -0.25) is 9.25 Å². The first-order valence-corrected chi connectivity index (χ1v) is 11.3. The van der Waals surface area contributed by atoms with Crippen LogP contribution in [0.1, 0.15) is 18.9 Å². The largest absolute Gasteiger partial charge is 0.405 e. The number of imidazole rings is 1. The van der Waals surface area contributed by atoms with E-state index in [4.69, 9.17) is 0 Å². The summed E-state index contributed by atoms with van der Waals surface area (Å²) in [6.45, 7) is 0.597. The minimum absolute atomic E-state index is 0. The summed E-state index contributed by atoms with van der Waals surface area (Å²) in [5.74, 6) is 0. The molecule has 1 fully saturated rings. The van der Waals surface area contributed by atoms with Gasteiger partial charge >= 0.3 is 12.2 Å². The predicted molar refractivity (Wildman–Crippen MR) is 134 cm³/mol. The topological polar surface area (TPSA) is 88.8 Å². The molecule has 1 aliphatic heterocycles. The Labute approximate surface area is 211 Å². The Morgan fingerprint density at radius 2 is 1.92 bits per heavy atom. The monoisotopic (exact) mass is 519 g/mol. The van der Waals surface area contributed by atoms with Crippen molar-refractivity contribution in [3.8, 4) is 16.8 Å². The molecule has 0 unspecified atom stereocenters. The van der Waals surface area contributed by atoms with Gasteiger partial charge in [0.15, 0.2) is 0 Å². The first-order valence-electron chi connectivity index (χ1n) is 11.3. The molecule has 8 nitrogen and oxygen atoms in total. The van der Waals surface area contributed by atoms with Gasteiger partial charge in [0.05, 0.1) is 23.3 Å². The van der Waals surface area contributed by atoms with E-state index in [1.165, 1.54) is 0 Å². The number of amides is 2. The van der Waals surface area contributed by atoms with E-state index in [0.29, 0.717) is 17.4 Å². The zero-order valence-corrected chi connectivity index (χ0v) is 19.9. The third kappa shape index (κ3) is 5.80. The average Bonchev–Trinajstić information content (AvgIpc) is 3.50. The molecule has 1 aliphatic rings. The summed E-state index contributed by atoms with van der Waals surface area (Å²) in [7, 11) is 0. The number of rotatable bonds is 5. The Morgan fingerprint density at radius 3 is 2.69 bits per heavy atom. The molecule has 4 aromatic rings. The number of hydrogen-bond donors (Lipinski definition) is 3. The lowest BCUT2D eigenvalue weighted by Crippen LogP contribution is -2.36. The van der Waals surface area contributed by atoms with E-state index in [9.17, 15) is 18.0 Å². The van der Waals surface area contributed by atoms with Crippen LogP contribution in [0, 0.1) is 0 Å². The second-order valence-corrected chi connectivity index (χ2v) is 8.48. The van der Waals surface area contributed by atoms with Crippen molar-refractivity contribution in [3.63, 3.8) is 0 Å². The van der Waals surface area contributed by atoms with E-state index in [-0.39, 0.29) is 12.4 Å². The quantitative estimate of drug-likeness (QED) is 0.349. The van der Waals surface area contributed by atoms with Gasteiger partial charge in [-0.25, -0.2) is 9.78 Å². The van der Waals surface area contributed by atoms with Crippen molar-refractivity contribution >= 4 is 35.2 Å². The molecule has 0 aliphatic carbocycles. The number of halogens is 4. The number of piperidine rings is 1. The highest BCUT2D eigenvalue weighted by molar-refractivity contribution is 5.90. The summed E-state index contributed by atoms with van der Waals surface area (Å²) >= 11 is 0. The number of alkyl halides is 3. The van der Waals surface area contributed by atoms with Gasteiger partial charge < -0.3 is 16.0 Å². The van der Waals surface area contributed by atoms with Gasteiger partial charge in [0.1, 0.15) is 12.9 Å². The number of fused-ring (bicyclic) bond motifs is 1. The molecule has 12 heteroatoms. The number of aromatic nitrogens is 4. The van der Waals surface area contributed by atoms with E-state index >= 15 is 0 Å². The molecule has 190 valence electrons. The van der Waals surface area contributed by atoms with Crippen LogP contribution in [0.15, 0.2) is 61.2 Å².